The molecular formula is C19H23NO5. The van der Waals surface area contributed by atoms with Gasteiger partial charge in [-0.15, -0.1) is 0 Å². The summed E-state index contributed by atoms with van der Waals surface area (Å²) >= 11 is 0. The number of ketones is 1. The summed E-state index contributed by atoms with van der Waals surface area (Å²) in [5, 5.41) is 9.14. The Labute approximate surface area is 146 Å². The third kappa shape index (κ3) is 3.52. The standard InChI is InChI=1S/C19H23NO5/c1-12(21)14-4-3-5-15(10-14)25-13(2)17(22)20-8-6-19(7-9-20)11-16(19)18(23)24/h3-5,10,13,16H,6-9,11H2,1-2H3,(H,23,24). The zero-order chi connectivity index (χ0) is 18.2. The highest BCUT2D eigenvalue weighted by molar-refractivity contribution is 5.94. The number of benzene rings is 1. The van der Waals surface area contributed by atoms with E-state index in [1.165, 1.54) is 6.92 Å². The summed E-state index contributed by atoms with van der Waals surface area (Å²) in [7, 11) is 0. The number of nitrogens with zero attached hydrogens (tertiary/aromatic N) is 1. The van der Waals surface area contributed by atoms with E-state index >= 15 is 0 Å². The number of Topliss-reactive ketones (excluding diaryl/α,β-unsaturated/α-hetero) is 1. The van der Waals surface area contributed by atoms with Crippen molar-refractivity contribution in [1.82, 2.24) is 4.90 Å². The highest BCUT2D eigenvalue weighted by Gasteiger charge is 2.59. The second-order valence-electron chi connectivity index (χ2n) is 7.13. The van der Waals surface area contributed by atoms with Crippen LogP contribution in [0.2, 0.25) is 0 Å². The number of hydrogen-bond donors (Lipinski definition) is 1. The number of hydrogen-bond acceptors (Lipinski definition) is 4. The molecule has 0 radical (unpaired) electrons. The molecule has 2 fully saturated rings. The normalized spacial score (nSPS) is 22.3. The molecule has 1 amide bonds. The molecule has 2 aliphatic rings. The zero-order valence-electron chi connectivity index (χ0n) is 14.5. The monoisotopic (exact) mass is 345 g/mol. The quantitative estimate of drug-likeness (QED) is 0.828. The first-order chi connectivity index (χ1) is 11.8. The molecule has 25 heavy (non-hydrogen) atoms. The van der Waals surface area contributed by atoms with Gasteiger partial charge in [0.05, 0.1) is 5.92 Å². The van der Waals surface area contributed by atoms with E-state index in [4.69, 9.17) is 9.84 Å². The molecule has 1 saturated carbocycles. The molecule has 3 rings (SSSR count). The van der Waals surface area contributed by atoms with Crippen LogP contribution in [0.4, 0.5) is 0 Å². The minimum Gasteiger partial charge on any atom is -0.481 e. The second-order valence-corrected chi connectivity index (χ2v) is 7.13. The van der Waals surface area contributed by atoms with Gasteiger partial charge >= 0.3 is 5.97 Å². The molecule has 2 unspecified atom stereocenters. The number of carboxylic acid groups (broad SMARTS) is 1. The third-order valence-corrected chi connectivity index (χ3v) is 5.46. The van der Waals surface area contributed by atoms with Crippen molar-refractivity contribution < 1.29 is 24.2 Å². The van der Waals surface area contributed by atoms with Crippen molar-refractivity contribution in [3.05, 3.63) is 29.8 Å². The fourth-order valence-corrected chi connectivity index (χ4v) is 3.72. The predicted molar refractivity (Wildman–Crippen MR) is 90.5 cm³/mol. The van der Waals surface area contributed by atoms with Crippen LogP contribution in [-0.2, 0) is 9.59 Å². The number of carbonyl (C=O) groups excluding carboxylic acids is 2. The predicted octanol–water partition coefficient (Wildman–Crippen LogP) is 2.37. The zero-order valence-corrected chi connectivity index (χ0v) is 14.5. The minimum atomic E-state index is -0.721. The second kappa shape index (κ2) is 6.50. The maximum atomic E-state index is 12.6. The van der Waals surface area contributed by atoms with Gasteiger partial charge in [-0.05, 0) is 50.7 Å². The average molecular weight is 345 g/mol. The van der Waals surface area contributed by atoms with Gasteiger partial charge in [0.1, 0.15) is 5.75 Å². The molecule has 1 aliphatic heterocycles. The summed E-state index contributed by atoms with van der Waals surface area (Å²) in [6.07, 6.45) is 1.56. The van der Waals surface area contributed by atoms with Crippen LogP contribution < -0.4 is 4.74 Å². The van der Waals surface area contributed by atoms with Crippen molar-refractivity contribution in [3.63, 3.8) is 0 Å². The van der Waals surface area contributed by atoms with Gasteiger partial charge in [0.2, 0.25) is 0 Å². The first-order valence-electron chi connectivity index (χ1n) is 8.62. The van der Waals surface area contributed by atoms with E-state index < -0.39 is 12.1 Å². The molecule has 1 N–H and O–H groups in total. The van der Waals surface area contributed by atoms with Crippen LogP contribution in [-0.4, -0.2) is 46.9 Å². The molecule has 1 aromatic rings. The summed E-state index contributed by atoms with van der Waals surface area (Å²) < 4.78 is 5.71. The Balaban J connectivity index is 1.56. The van der Waals surface area contributed by atoms with Crippen LogP contribution in [0.25, 0.3) is 0 Å². The maximum Gasteiger partial charge on any atom is 0.307 e. The molecule has 0 aromatic heterocycles. The number of ether oxygens (including phenoxy) is 1. The lowest BCUT2D eigenvalue weighted by molar-refractivity contribution is -0.141. The van der Waals surface area contributed by atoms with Gasteiger partial charge in [0, 0.05) is 18.7 Å². The Bertz CT molecular complexity index is 706. The smallest absolute Gasteiger partial charge is 0.307 e. The van der Waals surface area contributed by atoms with Crippen molar-refractivity contribution in [2.75, 3.05) is 13.1 Å². The molecule has 1 heterocycles. The van der Waals surface area contributed by atoms with E-state index in [1.54, 1.807) is 36.1 Å². The van der Waals surface area contributed by atoms with Crippen LogP contribution in [0, 0.1) is 11.3 Å². The highest BCUT2D eigenvalue weighted by Crippen LogP contribution is 2.59. The molecule has 2 atom stereocenters. The first-order valence-corrected chi connectivity index (χ1v) is 8.62. The Morgan fingerprint density at radius 1 is 1.28 bits per heavy atom. The summed E-state index contributed by atoms with van der Waals surface area (Å²) in [4.78, 5) is 36.9. The summed E-state index contributed by atoms with van der Waals surface area (Å²) in [5.74, 6) is -0.622. The van der Waals surface area contributed by atoms with Gasteiger partial charge in [0.15, 0.2) is 11.9 Å². The molecule has 0 bridgehead atoms. The van der Waals surface area contributed by atoms with E-state index in [0.717, 1.165) is 19.3 Å². The van der Waals surface area contributed by atoms with Crippen LogP contribution in [0.15, 0.2) is 24.3 Å². The minimum absolute atomic E-state index is 0.0526. The van der Waals surface area contributed by atoms with Gasteiger partial charge in [-0.1, -0.05) is 12.1 Å². The van der Waals surface area contributed by atoms with Crippen molar-refractivity contribution >= 4 is 17.7 Å². The van der Waals surface area contributed by atoms with Crippen LogP contribution in [0.1, 0.15) is 43.5 Å². The van der Waals surface area contributed by atoms with Crippen LogP contribution in [0.3, 0.4) is 0 Å². The molecule has 6 nitrogen and oxygen atoms in total. The molecule has 1 saturated heterocycles. The number of piperidine rings is 1. The Morgan fingerprint density at radius 3 is 2.52 bits per heavy atom. The molecule has 1 aliphatic carbocycles. The summed E-state index contributed by atoms with van der Waals surface area (Å²) in [6, 6.07) is 6.80. The lowest BCUT2D eigenvalue weighted by atomic mass is 9.90. The average Bonchev–Trinajstić information content (AvgIpc) is 3.29. The van der Waals surface area contributed by atoms with Gasteiger partial charge in [-0.2, -0.15) is 0 Å². The van der Waals surface area contributed by atoms with Crippen molar-refractivity contribution in [2.24, 2.45) is 11.3 Å². The number of carbonyl (C=O) groups is 3. The molecule has 1 spiro atoms. The summed E-state index contributed by atoms with van der Waals surface area (Å²) in [5.41, 5.74) is 0.452. The number of rotatable bonds is 5. The molecule has 134 valence electrons. The molecule has 6 heteroatoms. The van der Waals surface area contributed by atoms with Crippen LogP contribution >= 0.6 is 0 Å². The number of likely N-dealkylation sites (tertiary alicyclic amines) is 1. The largest absolute Gasteiger partial charge is 0.481 e. The summed E-state index contributed by atoms with van der Waals surface area (Å²) in [6.45, 7) is 4.33. The Kier molecular flexibility index (Phi) is 4.54. The fraction of sp³-hybridized carbons (Fsp3) is 0.526. The Morgan fingerprint density at radius 2 is 1.96 bits per heavy atom. The van der Waals surface area contributed by atoms with Gasteiger partial charge in [-0.25, -0.2) is 0 Å². The number of carboxylic acids is 1. The number of aliphatic carboxylic acids is 1. The lowest BCUT2D eigenvalue weighted by Crippen LogP contribution is -2.45. The van der Waals surface area contributed by atoms with Gasteiger partial charge in [-0.3, -0.25) is 14.4 Å². The maximum absolute atomic E-state index is 12.6. The van der Waals surface area contributed by atoms with E-state index in [0.29, 0.717) is 24.4 Å². The van der Waals surface area contributed by atoms with Crippen molar-refractivity contribution in [1.29, 1.82) is 0 Å². The van der Waals surface area contributed by atoms with E-state index in [2.05, 4.69) is 0 Å². The SMILES string of the molecule is CC(=O)c1cccc(OC(C)C(=O)N2CCC3(CC2)CC3C(=O)O)c1. The van der Waals surface area contributed by atoms with E-state index in [-0.39, 0.29) is 23.0 Å². The first kappa shape index (κ1) is 17.5. The molecule has 1 aromatic carbocycles. The molecular weight excluding hydrogens is 322 g/mol. The van der Waals surface area contributed by atoms with E-state index in [9.17, 15) is 14.4 Å². The van der Waals surface area contributed by atoms with Crippen molar-refractivity contribution in [2.45, 2.75) is 39.2 Å². The van der Waals surface area contributed by atoms with Gasteiger partial charge in [0.25, 0.3) is 5.91 Å². The highest BCUT2D eigenvalue weighted by atomic mass is 16.5. The number of amides is 1. The van der Waals surface area contributed by atoms with Crippen molar-refractivity contribution in [3.8, 4) is 5.75 Å². The van der Waals surface area contributed by atoms with Crippen LogP contribution in [0.5, 0.6) is 5.75 Å². The topological polar surface area (TPSA) is 83.9 Å². The van der Waals surface area contributed by atoms with Gasteiger partial charge < -0.3 is 14.7 Å². The lowest BCUT2D eigenvalue weighted by Gasteiger charge is -2.34. The fourth-order valence-electron chi connectivity index (χ4n) is 3.72. The third-order valence-electron chi connectivity index (χ3n) is 5.46. The Hall–Kier alpha value is -2.37. The van der Waals surface area contributed by atoms with E-state index in [1.807, 2.05) is 0 Å².